The Morgan fingerprint density at radius 3 is 2.16 bits per heavy atom. The van der Waals surface area contributed by atoms with Gasteiger partial charge in [0.15, 0.2) is 0 Å². The first-order chi connectivity index (χ1) is 9.20. The van der Waals surface area contributed by atoms with Crippen LogP contribution in [-0.4, -0.2) is 17.8 Å². The van der Waals surface area contributed by atoms with Gasteiger partial charge in [0.05, 0.1) is 12.6 Å². The third kappa shape index (κ3) is 3.98. The van der Waals surface area contributed by atoms with E-state index in [2.05, 4.69) is 5.32 Å². The fourth-order valence-electron chi connectivity index (χ4n) is 2.68. The summed E-state index contributed by atoms with van der Waals surface area (Å²) < 4.78 is 25.0. The fraction of sp³-hybridized carbons (Fsp3) is 0.600. The van der Waals surface area contributed by atoms with Crippen molar-refractivity contribution in [1.82, 2.24) is 5.32 Å². The Kier molecular flexibility index (Phi) is 5.28. The van der Waals surface area contributed by atoms with Crippen LogP contribution in [0.15, 0.2) is 24.3 Å². The molecule has 1 aliphatic carbocycles. The lowest BCUT2D eigenvalue weighted by Crippen LogP contribution is -2.36. The SMILES string of the molecule is OCC(NC1CCCCC1)c1ccc(C(F)F)cc1. The van der Waals surface area contributed by atoms with E-state index in [0.29, 0.717) is 6.04 Å². The van der Waals surface area contributed by atoms with Gasteiger partial charge < -0.3 is 10.4 Å². The summed E-state index contributed by atoms with van der Waals surface area (Å²) in [5, 5.41) is 12.9. The minimum absolute atomic E-state index is 0.00940. The van der Waals surface area contributed by atoms with Gasteiger partial charge >= 0.3 is 0 Å². The number of hydrogen-bond donors (Lipinski definition) is 2. The smallest absolute Gasteiger partial charge is 0.263 e. The minimum Gasteiger partial charge on any atom is -0.394 e. The molecule has 4 heteroatoms. The summed E-state index contributed by atoms with van der Waals surface area (Å²) in [6, 6.07) is 6.50. The van der Waals surface area contributed by atoms with E-state index in [4.69, 9.17) is 0 Å². The standard InChI is InChI=1S/C15H21F2NO/c16-15(17)12-8-6-11(7-9-12)14(10-19)18-13-4-2-1-3-5-13/h6-9,13-15,18-19H,1-5,10H2. The highest BCUT2D eigenvalue weighted by molar-refractivity contribution is 5.26. The van der Waals surface area contributed by atoms with Gasteiger partial charge in [0.1, 0.15) is 0 Å². The normalized spacial score (nSPS) is 18.7. The average Bonchev–Trinajstić information content (AvgIpc) is 2.46. The van der Waals surface area contributed by atoms with E-state index < -0.39 is 6.43 Å². The fourth-order valence-corrected chi connectivity index (χ4v) is 2.68. The summed E-state index contributed by atoms with van der Waals surface area (Å²) in [5.74, 6) is 0. The lowest BCUT2D eigenvalue weighted by atomic mass is 9.94. The molecular formula is C15H21F2NO. The molecule has 0 radical (unpaired) electrons. The van der Waals surface area contributed by atoms with Crippen molar-refractivity contribution < 1.29 is 13.9 Å². The van der Waals surface area contributed by atoms with Crippen LogP contribution in [0.4, 0.5) is 8.78 Å². The number of alkyl halides is 2. The molecular weight excluding hydrogens is 248 g/mol. The van der Waals surface area contributed by atoms with Gasteiger partial charge in [0, 0.05) is 11.6 Å². The van der Waals surface area contributed by atoms with Crippen LogP contribution in [0, 0.1) is 0 Å². The Morgan fingerprint density at radius 1 is 1.05 bits per heavy atom. The maximum atomic E-state index is 12.5. The van der Waals surface area contributed by atoms with Gasteiger partial charge in [-0.15, -0.1) is 0 Å². The molecule has 106 valence electrons. The highest BCUT2D eigenvalue weighted by Gasteiger charge is 2.19. The molecule has 0 aliphatic heterocycles. The van der Waals surface area contributed by atoms with Crippen LogP contribution in [0.3, 0.4) is 0 Å². The largest absolute Gasteiger partial charge is 0.394 e. The third-order valence-electron chi connectivity index (χ3n) is 3.82. The Hall–Kier alpha value is -1.00. The summed E-state index contributed by atoms with van der Waals surface area (Å²) in [6.45, 7) is -0.00940. The molecule has 2 N–H and O–H groups in total. The summed E-state index contributed by atoms with van der Waals surface area (Å²) in [7, 11) is 0. The first-order valence-electron chi connectivity index (χ1n) is 6.95. The van der Waals surface area contributed by atoms with Gasteiger partial charge in [-0.1, -0.05) is 43.5 Å². The predicted molar refractivity (Wildman–Crippen MR) is 71.2 cm³/mol. The second-order valence-corrected chi connectivity index (χ2v) is 5.20. The van der Waals surface area contributed by atoms with E-state index in [1.54, 1.807) is 12.1 Å². The second kappa shape index (κ2) is 6.96. The Balaban J connectivity index is 1.99. The van der Waals surface area contributed by atoms with Crippen LogP contribution in [0.25, 0.3) is 0 Å². The molecule has 1 unspecified atom stereocenters. The number of hydrogen-bond acceptors (Lipinski definition) is 2. The summed E-state index contributed by atoms with van der Waals surface area (Å²) >= 11 is 0. The molecule has 0 amide bonds. The van der Waals surface area contributed by atoms with E-state index in [1.807, 2.05) is 0 Å². The van der Waals surface area contributed by atoms with E-state index in [-0.39, 0.29) is 18.2 Å². The number of nitrogens with one attached hydrogen (secondary N) is 1. The first-order valence-corrected chi connectivity index (χ1v) is 6.95. The van der Waals surface area contributed by atoms with E-state index in [9.17, 15) is 13.9 Å². The van der Waals surface area contributed by atoms with Crippen LogP contribution < -0.4 is 5.32 Å². The van der Waals surface area contributed by atoms with Gasteiger partial charge in [-0.05, 0) is 18.4 Å². The highest BCUT2D eigenvalue weighted by atomic mass is 19.3. The molecule has 19 heavy (non-hydrogen) atoms. The van der Waals surface area contributed by atoms with Crippen molar-refractivity contribution in [2.45, 2.75) is 50.6 Å². The van der Waals surface area contributed by atoms with Crippen molar-refractivity contribution in [2.24, 2.45) is 0 Å². The minimum atomic E-state index is -2.44. The van der Waals surface area contributed by atoms with Gasteiger partial charge in [-0.3, -0.25) is 0 Å². The molecule has 1 atom stereocenters. The topological polar surface area (TPSA) is 32.3 Å². The molecule has 0 aromatic heterocycles. The Morgan fingerprint density at radius 2 is 1.63 bits per heavy atom. The molecule has 1 saturated carbocycles. The molecule has 0 bridgehead atoms. The lowest BCUT2D eigenvalue weighted by molar-refractivity contribution is 0.151. The molecule has 1 aromatic carbocycles. The van der Waals surface area contributed by atoms with E-state index in [1.165, 1.54) is 31.4 Å². The maximum Gasteiger partial charge on any atom is 0.263 e. The summed E-state index contributed by atoms with van der Waals surface area (Å²) in [5.41, 5.74) is 0.899. The molecule has 1 fully saturated rings. The maximum absolute atomic E-state index is 12.5. The van der Waals surface area contributed by atoms with Crippen LogP contribution in [-0.2, 0) is 0 Å². The molecule has 2 nitrogen and oxygen atoms in total. The summed E-state index contributed by atoms with van der Waals surface area (Å²) in [6.07, 6.45) is 3.55. The van der Waals surface area contributed by atoms with Gasteiger partial charge in [0.2, 0.25) is 0 Å². The zero-order chi connectivity index (χ0) is 13.7. The number of rotatable bonds is 5. The monoisotopic (exact) mass is 269 g/mol. The van der Waals surface area contributed by atoms with Crippen LogP contribution in [0.1, 0.15) is 55.7 Å². The molecule has 1 aliphatic rings. The number of aliphatic hydroxyl groups excluding tert-OH is 1. The zero-order valence-electron chi connectivity index (χ0n) is 11.0. The molecule has 1 aromatic rings. The van der Waals surface area contributed by atoms with Crippen LogP contribution in [0.5, 0.6) is 0 Å². The van der Waals surface area contributed by atoms with E-state index in [0.717, 1.165) is 18.4 Å². The summed E-state index contributed by atoms with van der Waals surface area (Å²) in [4.78, 5) is 0. The predicted octanol–water partition coefficient (Wildman–Crippen LogP) is 3.58. The molecule has 0 saturated heterocycles. The second-order valence-electron chi connectivity index (χ2n) is 5.20. The average molecular weight is 269 g/mol. The highest BCUT2D eigenvalue weighted by Crippen LogP contribution is 2.24. The van der Waals surface area contributed by atoms with Gasteiger partial charge in [0.25, 0.3) is 6.43 Å². The van der Waals surface area contributed by atoms with Crippen molar-refractivity contribution >= 4 is 0 Å². The number of aliphatic hydroxyl groups is 1. The first kappa shape index (κ1) is 14.4. The zero-order valence-corrected chi connectivity index (χ0v) is 11.0. The molecule has 0 spiro atoms. The van der Waals surface area contributed by atoms with Crippen molar-refractivity contribution in [3.05, 3.63) is 35.4 Å². The molecule has 0 heterocycles. The van der Waals surface area contributed by atoms with E-state index >= 15 is 0 Å². The molecule has 2 rings (SSSR count). The lowest BCUT2D eigenvalue weighted by Gasteiger charge is -2.28. The van der Waals surface area contributed by atoms with Crippen LogP contribution >= 0.6 is 0 Å². The quantitative estimate of drug-likeness (QED) is 0.856. The van der Waals surface area contributed by atoms with Crippen LogP contribution in [0.2, 0.25) is 0 Å². The number of benzene rings is 1. The third-order valence-corrected chi connectivity index (χ3v) is 3.82. The van der Waals surface area contributed by atoms with Gasteiger partial charge in [-0.25, -0.2) is 8.78 Å². The van der Waals surface area contributed by atoms with Crippen molar-refractivity contribution in [3.63, 3.8) is 0 Å². The Labute approximate surface area is 112 Å². The van der Waals surface area contributed by atoms with Crippen molar-refractivity contribution in [1.29, 1.82) is 0 Å². The van der Waals surface area contributed by atoms with Crippen molar-refractivity contribution in [2.75, 3.05) is 6.61 Å². The van der Waals surface area contributed by atoms with Gasteiger partial charge in [-0.2, -0.15) is 0 Å². The van der Waals surface area contributed by atoms with Crippen molar-refractivity contribution in [3.8, 4) is 0 Å². The number of halogens is 2. The Bertz CT molecular complexity index is 374.